The molecule has 3 aromatic rings. The van der Waals surface area contributed by atoms with Gasteiger partial charge < -0.3 is 14.6 Å². The Morgan fingerprint density at radius 1 is 1.13 bits per heavy atom. The molecule has 2 aromatic carbocycles. The van der Waals surface area contributed by atoms with Gasteiger partial charge in [0.1, 0.15) is 12.4 Å². The van der Waals surface area contributed by atoms with Crippen LogP contribution in [0.3, 0.4) is 0 Å². The molecule has 1 heterocycles. The summed E-state index contributed by atoms with van der Waals surface area (Å²) in [4.78, 5) is 33.7. The van der Waals surface area contributed by atoms with Crippen molar-refractivity contribution in [3.05, 3.63) is 70.0 Å². The molecule has 0 saturated carbocycles. The number of thioether (sulfide) groups is 1. The standard InChI is InChI=1S/C20H19N5O5S/c1-13(26)14-3-5-15(6-4-14)21-19(27)12-31-20-23-22-18(24(20)2)11-30-17-9-7-16(8-10-17)25(28)29/h3-10H,11-12H2,1-2H3,(H,21,27). The summed E-state index contributed by atoms with van der Waals surface area (Å²) in [6.07, 6.45) is 0. The fourth-order valence-electron chi connectivity index (χ4n) is 2.52. The van der Waals surface area contributed by atoms with Crippen LogP contribution in [-0.2, 0) is 18.4 Å². The van der Waals surface area contributed by atoms with Gasteiger partial charge in [-0.2, -0.15) is 0 Å². The Bertz CT molecular complexity index is 1100. The molecular formula is C20H19N5O5S. The average Bonchev–Trinajstić information content (AvgIpc) is 3.11. The number of nitro groups is 1. The second-order valence-electron chi connectivity index (χ2n) is 6.47. The van der Waals surface area contributed by atoms with Crippen LogP contribution in [0.15, 0.2) is 53.7 Å². The van der Waals surface area contributed by atoms with Gasteiger partial charge in [0, 0.05) is 30.4 Å². The lowest BCUT2D eigenvalue weighted by atomic mass is 10.1. The average molecular weight is 441 g/mol. The zero-order valence-corrected chi connectivity index (χ0v) is 17.6. The number of non-ortho nitro benzene ring substituents is 1. The summed E-state index contributed by atoms with van der Waals surface area (Å²) >= 11 is 1.22. The number of carbonyl (C=O) groups excluding carboxylic acids is 2. The smallest absolute Gasteiger partial charge is 0.269 e. The molecule has 31 heavy (non-hydrogen) atoms. The number of nitrogens with zero attached hydrogens (tertiary/aromatic N) is 4. The maximum absolute atomic E-state index is 12.2. The number of aromatic nitrogens is 3. The number of ketones is 1. The molecule has 1 N–H and O–H groups in total. The highest BCUT2D eigenvalue weighted by molar-refractivity contribution is 7.99. The lowest BCUT2D eigenvalue weighted by Crippen LogP contribution is -2.14. The van der Waals surface area contributed by atoms with Crippen LogP contribution in [0, 0.1) is 10.1 Å². The number of hydrogen-bond acceptors (Lipinski definition) is 8. The van der Waals surface area contributed by atoms with E-state index in [1.165, 1.54) is 43.0 Å². The highest BCUT2D eigenvalue weighted by atomic mass is 32.2. The molecule has 0 bridgehead atoms. The Labute approximate surface area is 181 Å². The second kappa shape index (κ2) is 9.85. The highest BCUT2D eigenvalue weighted by Gasteiger charge is 2.13. The van der Waals surface area contributed by atoms with Gasteiger partial charge in [-0.15, -0.1) is 10.2 Å². The van der Waals surface area contributed by atoms with Crippen molar-refractivity contribution in [2.45, 2.75) is 18.7 Å². The number of anilines is 1. The third-order valence-corrected chi connectivity index (χ3v) is 5.27. The normalized spacial score (nSPS) is 10.5. The van der Waals surface area contributed by atoms with Crippen LogP contribution in [0.25, 0.3) is 0 Å². The summed E-state index contributed by atoms with van der Waals surface area (Å²) in [7, 11) is 1.76. The van der Waals surface area contributed by atoms with Crippen molar-refractivity contribution < 1.29 is 19.2 Å². The molecule has 11 heteroatoms. The third-order valence-electron chi connectivity index (χ3n) is 4.25. The minimum atomic E-state index is -0.479. The quantitative estimate of drug-likeness (QED) is 0.232. The molecule has 0 aliphatic rings. The van der Waals surface area contributed by atoms with Crippen molar-refractivity contribution in [1.29, 1.82) is 0 Å². The van der Waals surface area contributed by atoms with Crippen molar-refractivity contribution in [2.24, 2.45) is 7.05 Å². The van der Waals surface area contributed by atoms with Crippen LogP contribution in [0.2, 0.25) is 0 Å². The fraction of sp³-hybridized carbons (Fsp3) is 0.200. The number of carbonyl (C=O) groups is 2. The molecule has 0 saturated heterocycles. The molecule has 10 nitrogen and oxygen atoms in total. The Morgan fingerprint density at radius 3 is 2.42 bits per heavy atom. The Balaban J connectivity index is 1.50. The predicted octanol–water partition coefficient (Wildman–Crippen LogP) is 3.24. The Kier molecular flexibility index (Phi) is 6.98. The van der Waals surface area contributed by atoms with E-state index in [0.717, 1.165) is 0 Å². The second-order valence-corrected chi connectivity index (χ2v) is 7.41. The van der Waals surface area contributed by atoms with E-state index in [2.05, 4.69) is 15.5 Å². The molecule has 1 aromatic heterocycles. The molecule has 0 aliphatic heterocycles. The third kappa shape index (κ3) is 5.89. The van der Waals surface area contributed by atoms with Crippen LogP contribution in [0.5, 0.6) is 5.75 Å². The zero-order valence-electron chi connectivity index (χ0n) is 16.8. The van der Waals surface area contributed by atoms with Gasteiger partial charge in [-0.05, 0) is 43.3 Å². The van der Waals surface area contributed by atoms with E-state index >= 15 is 0 Å². The largest absolute Gasteiger partial charge is 0.486 e. The van der Waals surface area contributed by atoms with Crippen LogP contribution in [0.4, 0.5) is 11.4 Å². The fourth-order valence-corrected chi connectivity index (χ4v) is 3.25. The summed E-state index contributed by atoms with van der Waals surface area (Å²) < 4.78 is 7.31. The van der Waals surface area contributed by atoms with Gasteiger partial charge in [0.15, 0.2) is 16.8 Å². The first-order valence-corrected chi connectivity index (χ1v) is 10.1. The lowest BCUT2D eigenvalue weighted by Gasteiger charge is -2.07. The molecule has 0 radical (unpaired) electrons. The van der Waals surface area contributed by atoms with E-state index in [9.17, 15) is 19.7 Å². The van der Waals surface area contributed by atoms with Crippen molar-refractivity contribution in [1.82, 2.24) is 14.8 Å². The van der Waals surface area contributed by atoms with Gasteiger partial charge >= 0.3 is 0 Å². The molecule has 1 amide bonds. The van der Waals surface area contributed by atoms with E-state index in [0.29, 0.717) is 28.0 Å². The molecule has 0 aliphatic carbocycles. The maximum Gasteiger partial charge on any atom is 0.269 e. The topological polar surface area (TPSA) is 129 Å². The molecule has 0 unspecified atom stereocenters. The molecule has 160 valence electrons. The van der Waals surface area contributed by atoms with E-state index < -0.39 is 4.92 Å². The van der Waals surface area contributed by atoms with Crippen LogP contribution in [0.1, 0.15) is 23.1 Å². The molecule has 3 rings (SSSR count). The van der Waals surface area contributed by atoms with Crippen LogP contribution >= 0.6 is 11.8 Å². The first-order chi connectivity index (χ1) is 14.8. The number of Topliss-reactive ketones (excluding diaryl/α,β-unsaturated/α-hetero) is 1. The van der Waals surface area contributed by atoms with Gasteiger partial charge in [0.25, 0.3) is 5.69 Å². The lowest BCUT2D eigenvalue weighted by molar-refractivity contribution is -0.384. The minimum absolute atomic E-state index is 0.0160. The number of hydrogen-bond donors (Lipinski definition) is 1. The molecule has 0 atom stereocenters. The Morgan fingerprint density at radius 2 is 1.81 bits per heavy atom. The van der Waals surface area contributed by atoms with E-state index in [1.54, 1.807) is 35.9 Å². The highest BCUT2D eigenvalue weighted by Crippen LogP contribution is 2.20. The van der Waals surface area contributed by atoms with Crippen molar-refractivity contribution in [2.75, 3.05) is 11.1 Å². The number of amides is 1. The molecule has 0 spiro atoms. The van der Waals surface area contributed by atoms with Crippen molar-refractivity contribution in [3.8, 4) is 5.75 Å². The van der Waals surface area contributed by atoms with E-state index in [4.69, 9.17) is 4.74 Å². The Hall–Kier alpha value is -3.73. The molecular weight excluding hydrogens is 422 g/mol. The van der Waals surface area contributed by atoms with Gasteiger partial charge in [0.2, 0.25) is 5.91 Å². The van der Waals surface area contributed by atoms with E-state index in [-0.39, 0.29) is 29.7 Å². The van der Waals surface area contributed by atoms with Gasteiger partial charge in [0.05, 0.1) is 10.7 Å². The summed E-state index contributed by atoms with van der Waals surface area (Å²) in [5.74, 6) is 0.888. The number of nitrogens with one attached hydrogen (secondary N) is 1. The predicted molar refractivity (Wildman–Crippen MR) is 114 cm³/mol. The summed E-state index contributed by atoms with van der Waals surface area (Å²) in [6.45, 7) is 1.60. The number of rotatable bonds is 9. The van der Waals surface area contributed by atoms with Crippen molar-refractivity contribution >= 4 is 34.8 Å². The zero-order chi connectivity index (χ0) is 22.4. The molecule has 0 fully saturated rings. The van der Waals surface area contributed by atoms with Gasteiger partial charge in [-0.1, -0.05) is 11.8 Å². The van der Waals surface area contributed by atoms with Gasteiger partial charge in [-0.3, -0.25) is 19.7 Å². The minimum Gasteiger partial charge on any atom is -0.486 e. The number of nitro benzene ring substituents is 1. The summed E-state index contributed by atoms with van der Waals surface area (Å²) in [5, 5.41) is 22.1. The van der Waals surface area contributed by atoms with E-state index in [1.807, 2.05) is 0 Å². The van der Waals surface area contributed by atoms with Gasteiger partial charge in [-0.25, -0.2) is 0 Å². The summed E-state index contributed by atoms with van der Waals surface area (Å²) in [6, 6.07) is 12.4. The van der Waals surface area contributed by atoms with Crippen molar-refractivity contribution in [3.63, 3.8) is 0 Å². The van der Waals surface area contributed by atoms with Crippen LogP contribution < -0.4 is 10.1 Å². The number of ether oxygens (including phenoxy) is 1. The maximum atomic E-state index is 12.2. The number of benzene rings is 2. The first kappa shape index (κ1) is 22.0. The summed E-state index contributed by atoms with van der Waals surface area (Å²) in [5.41, 5.74) is 1.17. The monoisotopic (exact) mass is 441 g/mol. The van der Waals surface area contributed by atoms with Crippen LogP contribution in [-0.4, -0.2) is 37.1 Å². The first-order valence-electron chi connectivity index (χ1n) is 9.12. The SMILES string of the molecule is CC(=O)c1ccc(NC(=O)CSc2nnc(COc3ccc([N+](=O)[O-])cc3)n2C)cc1.